The average molecular weight is 292 g/mol. The van der Waals surface area contributed by atoms with E-state index >= 15 is 0 Å². The molecule has 0 spiro atoms. The highest BCUT2D eigenvalue weighted by Gasteiger charge is 2.49. The second-order valence-corrected chi connectivity index (χ2v) is 6.04. The standard InChI is InChI=1S/C16H24N2O3/c1-16(2)13(10-14(16)20-3)18-15(19)8-9-21-12-7-5-4-6-11(12)17/h4-7,13-14H,8-10,17H2,1-3H3,(H,18,19). The third-order valence-electron chi connectivity index (χ3n) is 4.30. The second-order valence-electron chi connectivity index (χ2n) is 6.04. The topological polar surface area (TPSA) is 73.6 Å². The highest BCUT2D eigenvalue weighted by atomic mass is 16.5. The van der Waals surface area contributed by atoms with E-state index < -0.39 is 0 Å². The number of rotatable bonds is 6. The first-order valence-electron chi connectivity index (χ1n) is 7.24. The van der Waals surface area contributed by atoms with Crippen LogP contribution in [0.2, 0.25) is 0 Å². The lowest BCUT2D eigenvalue weighted by Crippen LogP contribution is -2.61. The zero-order valence-electron chi connectivity index (χ0n) is 12.9. The number of anilines is 1. The smallest absolute Gasteiger partial charge is 0.223 e. The Hall–Kier alpha value is -1.75. The van der Waals surface area contributed by atoms with Crippen LogP contribution in [0.1, 0.15) is 26.7 Å². The molecule has 21 heavy (non-hydrogen) atoms. The fourth-order valence-corrected chi connectivity index (χ4v) is 2.66. The molecule has 0 saturated heterocycles. The Balaban J connectivity index is 1.73. The molecule has 1 aromatic carbocycles. The molecule has 2 unspecified atom stereocenters. The number of nitrogen functional groups attached to an aromatic ring is 1. The van der Waals surface area contributed by atoms with Crippen LogP contribution < -0.4 is 15.8 Å². The van der Waals surface area contributed by atoms with Gasteiger partial charge in [0.25, 0.3) is 0 Å². The number of benzene rings is 1. The van der Waals surface area contributed by atoms with Gasteiger partial charge in [-0.2, -0.15) is 0 Å². The van der Waals surface area contributed by atoms with Gasteiger partial charge in [-0.3, -0.25) is 4.79 Å². The number of amides is 1. The van der Waals surface area contributed by atoms with E-state index in [1.807, 2.05) is 12.1 Å². The third-order valence-corrected chi connectivity index (χ3v) is 4.30. The molecule has 5 heteroatoms. The van der Waals surface area contributed by atoms with Crippen LogP contribution in [-0.2, 0) is 9.53 Å². The molecule has 0 heterocycles. The van der Waals surface area contributed by atoms with Crippen molar-refractivity contribution >= 4 is 11.6 Å². The van der Waals surface area contributed by atoms with Crippen LogP contribution in [0.3, 0.4) is 0 Å². The summed E-state index contributed by atoms with van der Waals surface area (Å²) in [5.41, 5.74) is 6.34. The summed E-state index contributed by atoms with van der Waals surface area (Å²) < 4.78 is 10.9. The number of nitrogens with one attached hydrogen (secondary N) is 1. The minimum absolute atomic E-state index is 0.00266. The van der Waals surface area contributed by atoms with Crippen molar-refractivity contribution in [2.24, 2.45) is 5.41 Å². The Morgan fingerprint density at radius 3 is 2.76 bits per heavy atom. The van der Waals surface area contributed by atoms with Gasteiger partial charge in [0.1, 0.15) is 5.75 Å². The number of ether oxygens (including phenoxy) is 2. The summed E-state index contributed by atoms with van der Waals surface area (Å²) in [6.07, 6.45) is 1.39. The first kappa shape index (κ1) is 15.6. The molecule has 1 amide bonds. The Morgan fingerprint density at radius 2 is 2.14 bits per heavy atom. The van der Waals surface area contributed by atoms with Crippen molar-refractivity contribution in [3.8, 4) is 5.75 Å². The van der Waals surface area contributed by atoms with Crippen molar-refractivity contribution < 1.29 is 14.3 Å². The highest BCUT2D eigenvalue weighted by Crippen LogP contribution is 2.42. The van der Waals surface area contributed by atoms with Crippen LogP contribution in [-0.4, -0.2) is 31.8 Å². The molecule has 1 aromatic rings. The van der Waals surface area contributed by atoms with Crippen molar-refractivity contribution in [3.05, 3.63) is 24.3 Å². The van der Waals surface area contributed by atoms with E-state index in [1.165, 1.54) is 0 Å². The van der Waals surface area contributed by atoms with Gasteiger partial charge in [-0.25, -0.2) is 0 Å². The Bertz CT molecular complexity index is 502. The third kappa shape index (κ3) is 3.47. The van der Waals surface area contributed by atoms with Gasteiger partial charge in [-0.15, -0.1) is 0 Å². The molecule has 5 nitrogen and oxygen atoms in total. The normalized spacial score (nSPS) is 23.2. The van der Waals surface area contributed by atoms with E-state index in [9.17, 15) is 4.79 Å². The molecule has 1 saturated carbocycles. The number of methoxy groups -OCH3 is 1. The zero-order valence-corrected chi connectivity index (χ0v) is 12.9. The minimum atomic E-state index is -0.0187. The second kappa shape index (κ2) is 6.35. The van der Waals surface area contributed by atoms with Crippen molar-refractivity contribution in [2.45, 2.75) is 38.8 Å². The Morgan fingerprint density at radius 1 is 1.43 bits per heavy atom. The summed E-state index contributed by atoms with van der Waals surface area (Å²) in [5.74, 6) is 0.617. The SMILES string of the molecule is COC1CC(NC(=O)CCOc2ccccc2N)C1(C)C. The molecule has 0 aliphatic heterocycles. The lowest BCUT2D eigenvalue weighted by atomic mass is 9.64. The van der Waals surface area contributed by atoms with Crippen LogP contribution >= 0.6 is 0 Å². The van der Waals surface area contributed by atoms with Crippen LogP contribution in [0.15, 0.2) is 24.3 Å². The number of nitrogens with two attached hydrogens (primary N) is 1. The van der Waals surface area contributed by atoms with Gasteiger partial charge < -0.3 is 20.5 Å². The van der Waals surface area contributed by atoms with E-state index in [0.717, 1.165) is 6.42 Å². The van der Waals surface area contributed by atoms with Gasteiger partial charge in [0, 0.05) is 18.6 Å². The summed E-state index contributed by atoms with van der Waals surface area (Å²) in [5, 5.41) is 3.04. The van der Waals surface area contributed by atoms with Gasteiger partial charge in [0.2, 0.25) is 5.91 Å². The summed E-state index contributed by atoms with van der Waals surface area (Å²) in [4.78, 5) is 11.9. The van der Waals surface area contributed by atoms with E-state index in [2.05, 4.69) is 19.2 Å². The van der Waals surface area contributed by atoms with E-state index in [0.29, 0.717) is 24.5 Å². The summed E-state index contributed by atoms with van der Waals surface area (Å²) in [7, 11) is 1.71. The van der Waals surface area contributed by atoms with E-state index in [-0.39, 0.29) is 23.5 Å². The minimum Gasteiger partial charge on any atom is -0.491 e. The molecule has 2 rings (SSSR count). The van der Waals surface area contributed by atoms with Crippen LogP contribution in [0.25, 0.3) is 0 Å². The van der Waals surface area contributed by atoms with Crippen molar-refractivity contribution in [1.29, 1.82) is 0 Å². The summed E-state index contributed by atoms with van der Waals surface area (Å²) in [6.45, 7) is 4.54. The van der Waals surface area contributed by atoms with Crippen molar-refractivity contribution in [1.82, 2.24) is 5.32 Å². The average Bonchev–Trinajstić information content (AvgIpc) is 2.45. The van der Waals surface area contributed by atoms with E-state index in [1.54, 1.807) is 19.2 Å². The number of hydrogen-bond donors (Lipinski definition) is 2. The van der Waals surface area contributed by atoms with Crippen LogP contribution in [0, 0.1) is 5.41 Å². The molecule has 0 radical (unpaired) electrons. The lowest BCUT2D eigenvalue weighted by Gasteiger charge is -2.51. The van der Waals surface area contributed by atoms with Gasteiger partial charge in [0.15, 0.2) is 0 Å². The largest absolute Gasteiger partial charge is 0.491 e. The van der Waals surface area contributed by atoms with E-state index in [4.69, 9.17) is 15.2 Å². The first-order valence-corrected chi connectivity index (χ1v) is 7.24. The molecular formula is C16H24N2O3. The maximum atomic E-state index is 11.9. The molecule has 116 valence electrons. The number of carbonyl (C=O) groups is 1. The van der Waals surface area contributed by atoms with Crippen LogP contribution in [0.4, 0.5) is 5.69 Å². The highest BCUT2D eigenvalue weighted by molar-refractivity contribution is 5.76. The lowest BCUT2D eigenvalue weighted by molar-refractivity contribution is -0.133. The number of para-hydroxylation sites is 2. The quantitative estimate of drug-likeness (QED) is 0.786. The monoisotopic (exact) mass is 292 g/mol. The predicted molar refractivity (Wildman–Crippen MR) is 82.1 cm³/mol. The molecule has 0 aromatic heterocycles. The zero-order chi connectivity index (χ0) is 15.5. The number of hydrogen-bond acceptors (Lipinski definition) is 4. The molecule has 0 bridgehead atoms. The van der Waals surface area contributed by atoms with Gasteiger partial charge in [-0.1, -0.05) is 26.0 Å². The fraction of sp³-hybridized carbons (Fsp3) is 0.562. The van der Waals surface area contributed by atoms with Gasteiger partial charge in [0.05, 0.1) is 24.8 Å². The summed E-state index contributed by atoms with van der Waals surface area (Å²) in [6, 6.07) is 7.44. The maximum absolute atomic E-state index is 11.9. The predicted octanol–water partition coefficient (Wildman–Crippen LogP) is 1.97. The molecule has 1 aliphatic carbocycles. The van der Waals surface area contributed by atoms with Crippen molar-refractivity contribution in [2.75, 3.05) is 19.5 Å². The van der Waals surface area contributed by atoms with Crippen molar-refractivity contribution in [3.63, 3.8) is 0 Å². The Kier molecular flexibility index (Phi) is 4.73. The van der Waals surface area contributed by atoms with Gasteiger partial charge in [-0.05, 0) is 18.6 Å². The molecule has 1 fully saturated rings. The fourth-order valence-electron chi connectivity index (χ4n) is 2.66. The molecule has 2 atom stereocenters. The Labute approximate surface area is 125 Å². The number of carbonyl (C=O) groups excluding carboxylic acids is 1. The molecular weight excluding hydrogens is 268 g/mol. The first-order chi connectivity index (χ1) is 9.95. The summed E-state index contributed by atoms with van der Waals surface area (Å²) >= 11 is 0. The molecule has 1 aliphatic rings. The van der Waals surface area contributed by atoms with Gasteiger partial charge >= 0.3 is 0 Å². The van der Waals surface area contributed by atoms with Crippen LogP contribution in [0.5, 0.6) is 5.75 Å². The molecule has 3 N–H and O–H groups in total. The maximum Gasteiger partial charge on any atom is 0.223 e.